The maximum absolute atomic E-state index is 10.6. The van der Waals surface area contributed by atoms with Crippen molar-refractivity contribution in [3.05, 3.63) is 29.8 Å². The number of rotatable bonds is 4. The highest BCUT2D eigenvalue weighted by molar-refractivity contribution is 5.30. The fourth-order valence-corrected chi connectivity index (χ4v) is 3.97. The summed E-state index contributed by atoms with van der Waals surface area (Å²) in [6.45, 7) is 4.05. The maximum Gasteiger partial charge on any atom is 0.120 e. The lowest BCUT2D eigenvalue weighted by molar-refractivity contribution is 0.0741. The third-order valence-electron chi connectivity index (χ3n) is 4.77. The molecule has 0 saturated heterocycles. The van der Waals surface area contributed by atoms with E-state index >= 15 is 0 Å². The van der Waals surface area contributed by atoms with E-state index in [1.807, 2.05) is 38.1 Å². The zero-order chi connectivity index (χ0) is 13.4. The van der Waals surface area contributed by atoms with E-state index in [9.17, 15) is 5.11 Å². The molecule has 1 aromatic rings. The van der Waals surface area contributed by atoms with Gasteiger partial charge in [-0.15, -0.1) is 0 Å². The third kappa shape index (κ3) is 2.64. The molecule has 3 rings (SSSR count). The first kappa shape index (κ1) is 13.0. The zero-order valence-corrected chi connectivity index (χ0v) is 11.9. The van der Waals surface area contributed by atoms with Crippen molar-refractivity contribution in [1.29, 1.82) is 0 Å². The third-order valence-corrected chi connectivity index (χ3v) is 4.77. The molecule has 4 unspecified atom stereocenters. The topological polar surface area (TPSA) is 29.5 Å². The highest BCUT2D eigenvalue weighted by Crippen LogP contribution is 2.52. The number of ether oxygens (including phenoxy) is 1. The summed E-state index contributed by atoms with van der Waals surface area (Å²) >= 11 is 0. The van der Waals surface area contributed by atoms with Crippen molar-refractivity contribution in [2.45, 2.75) is 51.7 Å². The summed E-state index contributed by atoms with van der Waals surface area (Å²) in [5, 5.41) is 10.6. The molecule has 1 N–H and O–H groups in total. The fourth-order valence-electron chi connectivity index (χ4n) is 3.97. The average molecular weight is 260 g/mol. The highest BCUT2D eigenvalue weighted by atomic mass is 16.5. The summed E-state index contributed by atoms with van der Waals surface area (Å²) in [5.74, 6) is 2.96. The van der Waals surface area contributed by atoms with E-state index in [1.54, 1.807) is 0 Å². The molecule has 2 aliphatic carbocycles. The Kier molecular flexibility index (Phi) is 3.53. The van der Waals surface area contributed by atoms with Gasteiger partial charge in [0.25, 0.3) is 0 Å². The number of aliphatic hydroxyl groups excluding tert-OH is 1. The maximum atomic E-state index is 10.6. The fraction of sp³-hybridized carbons (Fsp3) is 0.647. The van der Waals surface area contributed by atoms with E-state index in [0.717, 1.165) is 23.1 Å². The van der Waals surface area contributed by atoms with Crippen molar-refractivity contribution >= 4 is 0 Å². The normalized spacial score (nSPS) is 30.8. The largest absolute Gasteiger partial charge is 0.491 e. The molecule has 0 heterocycles. The van der Waals surface area contributed by atoms with E-state index in [4.69, 9.17) is 4.74 Å². The van der Waals surface area contributed by atoms with E-state index in [-0.39, 0.29) is 12.2 Å². The van der Waals surface area contributed by atoms with Crippen LogP contribution >= 0.6 is 0 Å². The van der Waals surface area contributed by atoms with E-state index in [2.05, 4.69) is 0 Å². The monoisotopic (exact) mass is 260 g/mol. The van der Waals surface area contributed by atoms with Crippen molar-refractivity contribution in [3.8, 4) is 5.75 Å². The molecule has 2 fully saturated rings. The highest BCUT2D eigenvalue weighted by Gasteiger charge is 2.43. The molecular formula is C17H24O2. The van der Waals surface area contributed by atoms with E-state index in [1.165, 1.54) is 25.7 Å². The number of fused-ring (bicyclic) bond motifs is 2. The first-order valence-electron chi connectivity index (χ1n) is 7.58. The van der Waals surface area contributed by atoms with Gasteiger partial charge < -0.3 is 9.84 Å². The van der Waals surface area contributed by atoms with Crippen molar-refractivity contribution in [2.24, 2.45) is 17.8 Å². The van der Waals surface area contributed by atoms with E-state index in [0.29, 0.717) is 5.92 Å². The smallest absolute Gasteiger partial charge is 0.120 e. The Labute approximate surface area is 115 Å². The van der Waals surface area contributed by atoms with Crippen LogP contribution in [0.15, 0.2) is 24.3 Å². The van der Waals surface area contributed by atoms with Gasteiger partial charge in [0.1, 0.15) is 5.75 Å². The van der Waals surface area contributed by atoms with Crippen LogP contribution in [-0.4, -0.2) is 11.2 Å². The van der Waals surface area contributed by atoms with Gasteiger partial charge in [-0.25, -0.2) is 0 Å². The first-order chi connectivity index (χ1) is 9.13. The van der Waals surface area contributed by atoms with Crippen LogP contribution in [0.3, 0.4) is 0 Å². The summed E-state index contributed by atoms with van der Waals surface area (Å²) in [7, 11) is 0. The van der Waals surface area contributed by atoms with Gasteiger partial charge in [0.2, 0.25) is 0 Å². The number of aliphatic hydroxyl groups is 1. The SMILES string of the molecule is CC(C)Oc1cccc(C(O)C2CC3CCC2C3)c1. The minimum absolute atomic E-state index is 0.176. The van der Waals surface area contributed by atoms with Crippen molar-refractivity contribution in [2.75, 3.05) is 0 Å². The van der Waals surface area contributed by atoms with Crippen LogP contribution in [0.1, 0.15) is 51.2 Å². The first-order valence-corrected chi connectivity index (χ1v) is 7.58. The molecule has 0 aromatic heterocycles. The quantitative estimate of drug-likeness (QED) is 0.888. The molecule has 2 bridgehead atoms. The number of hydrogen-bond donors (Lipinski definition) is 1. The summed E-state index contributed by atoms with van der Waals surface area (Å²) < 4.78 is 5.72. The Bertz CT molecular complexity index is 441. The molecule has 19 heavy (non-hydrogen) atoms. The second-order valence-corrected chi connectivity index (χ2v) is 6.52. The number of benzene rings is 1. The molecule has 1 aromatic carbocycles. The van der Waals surface area contributed by atoms with Crippen molar-refractivity contribution in [3.63, 3.8) is 0 Å². The molecule has 0 amide bonds. The Morgan fingerprint density at radius 1 is 1.21 bits per heavy atom. The van der Waals surface area contributed by atoms with Gasteiger partial charge in [-0.3, -0.25) is 0 Å². The molecule has 2 nitrogen and oxygen atoms in total. The van der Waals surface area contributed by atoms with Crippen LogP contribution in [0, 0.1) is 17.8 Å². The van der Waals surface area contributed by atoms with E-state index < -0.39 is 0 Å². The van der Waals surface area contributed by atoms with Gasteiger partial charge in [-0.05, 0) is 68.6 Å². The molecule has 2 heteroatoms. The van der Waals surface area contributed by atoms with Gasteiger partial charge in [-0.1, -0.05) is 18.6 Å². The summed E-state index contributed by atoms with van der Waals surface area (Å²) in [6.07, 6.45) is 5.10. The Balaban J connectivity index is 1.74. The summed E-state index contributed by atoms with van der Waals surface area (Å²) in [4.78, 5) is 0. The molecular weight excluding hydrogens is 236 g/mol. The molecule has 0 spiro atoms. The minimum atomic E-state index is -0.314. The lowest BCUT2D eigenvalue weighted by Crippen LogP contribution is -2.19. The average Bonchev–Trinajstić information content (AvgIpc) is 2.99. The predicted molar refractivity (Wildman–Crippen MR) is 76.1 cm³/mol. The van der Waals surface area contributed by atoms with Crippen LogP contribution in [0.5, 0.6) is 5.75 Å². The van der Waals surface area contributed by atoms with Gasteiger partial charge >= 0.3 is 0 Å². The van der Waals surface area contributed by atoms with Crippen LogP contribution in [0.2, 0.25) is 0 Å². The summed E-state index contributed by atoms with van der Waals surface area (Å²) in [6, 6.07) is 8.00. The Morgan fingerprint density at radius 2 is 2.05 bits per heavy atom. The molecule has 4 atom stereocenters. The van der Waals surface area contributed by atoms with Gasteiger partial charge in [-0.2, -0.15) is 0 Å². The molecule has 2 saturated carbocycles. The van der Waals surface area contributed by atoms with Crippen LogP contribution in [0.25, 0.3) is 0 Å². The molecule has 2 aliphatic rings. The van der Waals surface area contributed by atoms with Crippen LogP contribution in [0.4, 0.5) is 0 Å². The Morgan fingerprint density at radius 3 is 2.68 bits per heavy atom. The van der Waals surface area contributed by atoms with Gasteiger partial charge in [0.05, 0.1) is 12.2 Å². The minimum Gasteiger partial charge on any atom is -0.491 e. The zero-order valence-electron chi connectivity index (χ0n) is 11.9. The summed E-state index contributed by atoms with van der Waals surface area (Å²) in [5.41, 5.74) is 1.02. The predicted octanol–water partition coefficient (Wildman–Crippen LogP) is 3.94. The molecule has 0 radical (unpaired) electrons. The number of hydrogen-bond acceptors (Lipinski definition) is 2. The van der Waals surface area contributed by atoms with Gasteiger partial charge in [0, 0.05) is 0 Å². The van der Waals surface area contributed by atoms with Gasteiger partial charge in [0.15, 0.2) is 0 Å². The van der Waals surface area contributed by atoms with Crippen LogP contribution < -0.4 is 4.74 Å². The van der Waals surface area contributed by atoms with Crippen molar-refractivity contribution < 1.29 is 9.84 Å². The molecule has 104 valence electrons. The second-order valence-electron chi connectivity index (χ2n) is 6.52. The second kappa shape index (κ2) is 5.16. The van der Waals surface area contributed by atoms with Crippen LogP contribution in [-0.2, 0) is 0 Å². The lowest BCUT2D eigenvalue weighted by Gasteiger charge is -2.27. The molecule has 0 aliphatic heterocycles. The van der Waals surface area contributed by atoms with Crippen molar-refractivity contribution in [1.82, 2.24) is 0 Å². The standard InChI is InChI=1S/C17H24O2/c1-11(2)19-15-5-3-4-14(10-15)17(18)16-9-12-6-7-13(16)8-12/h3-5,10-13,16-18H,6-9H2,1-2H3. The lowest BCUT2D eigenvalue weighted by atomic mass is 9.82. The Hall–Kier alpha value is -1.02.